The fraction of sp³-hybridized carbons (Fsp3) is 0.600. The minimum Gasteiger partial charge on any atom is -0.476 e. The molecule has 1 saturated carbocycles. The predicted octanol–water partition coefficient (Wildman–Crippen LogP) is 2.43. The summed E-state index contributed by atoms with van der Waals surface area (Å²) in [4.78, 5) is 0. The lowest BCUT2D eigenvalue weighted by atomic mass is 9.86. The van der Waals surface area contributed by atoms with Crippen LogP contribution in [0.15, 0.2) is 6.07 Å². The summed E-state index contributed by atoms with van der Waals surface area (Å²) in [6.07, 6.45) is -0.192. The summed E-state index contributed by atoms with van der Waals surface area (Å²) in [5.74, 6) is 0.395. The zero-order valence-corrected chi connectivity index (χ0v) is 8.79. The van der Waals surface area contributed by atoms with Crippen LogP contribution in [0.5, 0.6) is 5.88 Å². The van der Waals surface area contributed by atoms with Gasteiger partial charge in [-0.3, -0.25) is 4.68 Å². The van der Waals surface area contributed by atoms with Crippen LogP contribution in [0.1, 0.15) is 18.5 Å². The third kappa shape index (κ3) is 2.31. The summed E-state index contributed by atoms with van der Waals surface area (Å²) >= 11 is 0. The summed E-state index contributed by atoms with van der Waals surface area (Å²) in [7, 11) is 1.26. The van der Waals surface area contributed by atoms with Gasteiger partial charge in [-0.25, -0.2) is 0 Å². The molecule has 3 nitrogen and oxygen atoms in total. The zero-order chi connectivity index (χ0) is 11.8. The van der Waals surface area contributed by atoms with Crippen LogP contribution in [0.3, 0.4) is 0 Å². The highest BCUT2D eigenvalue weighted by atomic mass is 19.4. The molecule has 0 saturated heterocycles. The Labute approximate surface area is 91.2 Å². The SMILES string of the molecule is Cn1nc(OC[C@@H]2[CH]CC2)cc1C(F)(F)F. The van der Waals surface area contributed by atoms with Gasteiger partial charge in [0.15, 0.2) is 0 Å². The van der Waals surface area contributed by atoms with Crippen LogP contribution in [0.25, 0.3) is 0 Å². The Morgan fingerprint density at radius 1 is 1.56 bits per heavy atom. The van der Waals surface area contributed by atoms with Gasteiger partial charge in [0.05, 0.1) is 6.61 Å². The maximum Gasteiger partial charge on any atom is 0.433 e. The van der Waals surface area contributed by atoms with Crippen LogP contribution in [-0.4, -0.2) is 16.4 Å². The fourth-order valence-electron chi connectivity index (χ4n) is 1.52. The molecule has 6 heteroatoms. The van der Waals surface area contributed by atoms with Gasteiger partial charge in [0, 0.05) is 13.1 Å². The molecular formula is C10H12F3N2O. The van der Waals surface area contributed by atoms with Crippen molar-refractivity contribution < 1.29 is 17.9 Å². The quantitative estimate of drug-likeness (QED) is 0.801. The van der Waals surface area contributed by atoms with Crippen LogP contribution in [-0.2, 0) is 13.2 Å². The van der Waals surface area contributed by atoms with Crippen LogP contribution < -0.4 is 4.74 Å². The fourth-order valence-corrected chi connectivity index (χ4v) is 1.52. The van der Waals surface area contributed by atoms with Gasteiger partial charge in [-0.05, 0) is 25.2 Å². The van der Waals surface area contributed by atoms with Crippen molar-refractivity contribution in [2.24, 2.45) is 13.0 Å². The molecule has 1 atom stereocenters. The Balaban J connectivity index is 1.99. The number of aromatic nitrogens is 2. The van der Waals surface area contributed by atoms with Gasteiger partial charge in [0.1, 0.15) is 5.69 Å². The van der Waals surface area contributed by atoms with Gasteiger partial charge >= 0.3 is 6.18 Å². The Morgan fingerprint density at radius 2 is 2.25 bits per heavy atom. The van der Waals surface area contributed by atoms with Crippen molar-refractivity contribution in [2.75, 3.05) is 6.61 Å². The number of rotatable bonds is 3. The van der Waals surface area contributed by atoms with E-state index in [2.05, 4.69) is 11.5 Å². The molecule has 1 aromatic heterocycles. The molecule has 1 fully saturated rings. The molecule has 1 aromatic rings. The molecule has 0 bridgehead atoms. The minimum absolute atomic E-state index is 0.0372. The summed E-state index contributed by atoms with van der Waals surface area (Å²) in [6.45, 7) is 0.411. The lowest BCUT2D eigenvalue weighted by Gasteiger charge is -2.23. The summed E-state index contributed by atoms with van der Waals surface area (Å²) in [5.41, 5.74) is -0.792. The summed E-state index contributed by atoms with van der Waals surface area (Å²) in [6, 6.07) is 0.929. The van der Waals surface area contributed by atoms with Crippen molar-refractivity contribution in [1.82, 2.24) is 9.78 Å². The molecule has 89 valence electrons. The van der Waals surface area contributed by atoms with E-state index < -0.39 is 11.9 Å². The highest BCUT2D eigenvalue weighted by Crippen LogP contribution is 2.31. The number of alkyl halides is 3. The van der Waals surface area contributed by atoms with Crippen molar-refractivity contribution in [3.8, 4) is 5.88 Å². The Hall–Kier alpha value is -1.20. The van der Waals surface area contributed by atoms with Crippen molar-refractivity contribution in [2.45, 2.75) is 19.0 Å². The second-order valence-electron chi connectivity index (χ2n) is 3.87. The normalized spacial score (nSPS) is 17.2. The van der Waals surface area contributed by atoms with Gasteiger partial charge in [-0.1, -0.05) is 0 Å². The molecule has 1 aliphatic carbocycles. The number of halogens is 3. The van der Waals surface area contributed by atoms with Gasteiger partial charge < -0.3 is 4.74 Å². The van der Waals surface area contributed by atoms with Gasteiger partial charge in [-0.15, -0.1) is 5.10 Å². The second kappa shape index (κ2) is 3.99. The standard InChI is InChI=1S/C10H12F3N2O/c1-15-8(10(11,12)13)5-9(14-15)16-6-7-3-2-4-7/h3,5,7H,2,4,6H2,1H3/t7-/m1/s1. The van der Waals surface area contributed by atoms with E-state index in [0.29, 0.717) is 12.5 Å². The Bertz CT molecular complexity index is 369. The zero-order valence-electron chi connectivity index (χ0n) is 8.79. The Kier molecular flexibility index (Phi) is 2.82. The smallest absolute Gasteiger partial charge is 0.433 e. The largest absolute Gasteiger partial charge is 0.476 e. The molecule has 0 aromatic carbocycles. The Morgan fingerprint density at radius 3 is 2.69 bits per heavy atom. The van der Waals surface area contributed by atoms with Crippen LogP contribution >= 0.6 is 0 Å². The van der Waals surface area contributed by atoms with Gasteiger partial charge in [0.25, 0.3) is 0 Å². The summed E-state index contributed by atoms with van der Waals surface area (Å²) in [5, 5.41) is 3.67. The maximum atomic E-state index is 12.4. The van der Waals surface area contributed by atoms with Crippen LogP contribution in [0.2, 0.25) is 0 Å². The number of nitrogens with zero attached hydrogens (tertiary/aromatic N) is 2. The van der Waals surface area contributed by atoms with Crippen LogP contribution in [0, 0.1) is 12.3 Å². The number of aryl methyl sites for hydroxylation is 1. The molecule has 1 radical (unpaired) electrons. The second-order valence-corrected chi connectivity index (χ2v) is 3.87. The van der Waals surface area contributed by atoms with E-state index in [4.69, 9.17) is 4.74 Å². The number of hydrogen-bond acceptors (Lipinski definition) is 2. The van der Waals surface area contributed by atoms with E-state index in [0.717, 1.165) is 23.6 Å². The van der Waals surface area contributed by atoms with E-state index >= 15 is 0 Å². The first-order valence-electron chi connectivity index (χ1n) is 5.04. The van der Waals surface area contributed by atoms with Crippen molar-refractivity contribution in [3.63, 3.8) is 0 Å². The highest BCUT2D eigenvalue weighted by Gasteiger charge is 2.35. The molecule has 1 aliphatic rings. The van der Waals surface area contributed by atoms with Gasteiger partial charge in [-0.2, -0.15) is 13.2 Å². The number of ether oxygens (including phenoxy) is 1. The molecule has 0 unspecified atom stereocenters. The van der Waals surface area contributed by atoms with E-state index in [1.54, 1.807) is 0 Å². The average Bonchev–Trinajstić information content (AvgIpc) is 2.43. The third-order valence-corrected chi connectivity index (χ3v) is 2.63. The van der Waals surface area contributed by atoms with E-state index in [-0.39, 0.29) is 5.88 Å². The third-order valence-electron chi connectivity index (χ3n) is 2.63. The monoisotopic (exact) mass is 233 g/mol. The van der Waals surface area contributed by atoms with Crippen molar-refractivity contribution in [1.29, 1.82) is 0 Å². The molecule has 0 spiro atoms. The van der Waals surface area contributed by atoms with E-state index in [9.17, 15) is 13.2 Å². The topological polar surface area (TPSA) is 27.1 Å². The summed E-state index contributed by atoms with van der Waals surface area (Å²) < 4.78 is 43.2. The van der Waals surface area contributed by atoms with E-state index in [1.807, 2.05) is 0 Å². The van der Waals surface area contributed by atoms with Crippen LogP contribution in [0.4, 0.5) is 13.2 Å². The van der Waals surface area contributed by atoms with E-state index in [1.165, 1.54) is 7.05 Å². The predicted molar refractivity (Wildman–Crippen MR) is 50.7 cm³/mol. The molecular weight excluding hydrogens is 221 g/mol. The average molecular weight is 233 g/mol. The molecule has 1 heterocycles. The molecule has 0 N–H and O–H groups in total. The number of hydrogen-bond donors (Lipinski definition) is 0. The highest BCUT2D eigenvalue weighted by molar-refractivity contribution is 5.18. The molecule has 2 rings (SSSR count). The molecule has 16 heavy (non-hydrogen) atoms. The minimum atomic E-state index is -4.38. The van der Waals surface area contributed by atoms with Crippen molar-refractivity contribution >= 4 is 0 Å². The lowest BCUT2D eigenvalue weighted by molar-refractivity contribution is -0.143. The first-order chi connectivity index (χ1) is 7.47. The van der Waals surface area contributed by atoms with Gasteiger partial charge in [0.2, 0.25) is 5.88 Å². The van der Waals surface area contributed by atoms with Crippen molar-refractivity contribution in [3.05, 3.63) is 18.2 Å². The first-order valence-corrected chi connectivity index (χ1v) is 5.04. The first kappa shape index (κ1) is 11.3. The molecule has 0 amide bonds. The molecule has 0 aliphatic heterocycles. The maximum absolute atomic E-state index is 12.4. The lowest BCUT2D eigenvalue weighted by Crippen LogP contribution is -2.20.